The molecule has 1 amide bonds. The molecular formula is C9H12F3N3O2. The van der Waals surface area contributed by atoms with Gasteiger partial charge in [0, 0.05) is 26.4 Å². The predicted octanol–water partition coefficient (Wildman–Crippen LogP) is 1.41. The van der Waals surface area contributed by atoms with Crippen molar-refractivity contribution in [1.29, 1.82) is 0 Å². The van der Waals surface area contributed by atoms with Crippen LogP contribution in [-0.4, -0.2) is 40.7 Å². The summed E-state index contributed by atoms with van der Waals surface area (Å²) in [5.74, 6) is -0.133. The Balaban J connectivity index is 2.27. The second kappa shape index (κ2) is 5.65. The molecule has 5 nitrogen and oxygen atoms in total. The zero-order chi connectivity index (χ0) is 12.9. The lowest BCUT2D eigenvalue weighted by molar-refractivity contribution is -0.148. The maximum Gasteiger partial charge on any atom is 0.389 e. The monoisotopic (exact) mass is 251 g/mol. The molecular weight excluding hydrogens is 239 g/mol. The normalized spacial score (nSPS) is 11.5. The van der Waals surface area contributed by atoms with Crippen LogP contribution in [0.4, 0.5) is 13.2 Å². The molecule has 17 heavy (non-hydrogen) atoms. The summed E-state index contributed by atoms with van der Waals surface area (Å²) in [6.45, 7) is 0.260. The smallest absolute Gasteiger partial charge is 0.345 e. The Kier molecular flexibility index (Phi) is 4.47. The molecule has 0 N–H and O–H groups in total. The second-order valence-electron chi connectivity index (χ2n) is 3.53. The van der Waals surface area contributed by atoms with E-state index in [4.69, 9.17) is 0 Å². The molecule has 0 aliphatic heterocycles. The molecule has 96 valence electrons. The van der Waals surface area contributed by atoms with Crippen LogP contribution < -0.4 is 0 Å². The highest BCUT2D eigenvalue weighted by atomic mass is 19.4. The Hall–Kier alpha value is -1.60. The minimum absolute atomic E-state index is 0.260. The van der Waals surface area contributed by atoms with Gasteiger partial charge in [-0.15, -0.1) is 0 Å². The molecule has 0 radical (unpaired) electrons. The molecule has 1 aromatic heterocycles. The second-order valence-corrected chi connectivity index (χ2v) is 3.53. The number of halogens is 3. The lowest BCUT2D eigenvalue weighted by Crippen LogP contribution is -2.29. The van der Waals surface area contributed by atoms with Crippen molar-refractivity contribution >= 4 is 5.91 Å². The van der Waals surface area contributed by atoms with Crippen LogP contribution >= 0.6 is 0 Å². The predicted molar refractivity (Wildman–Crippen MR) is 50.9 cm³/mol. The Morgan fingerprint density at radius 2 is 2.24 bits per heavy atom. The first-order valence-electron chi connectivity index (χ1n) is 4.94. The average Bonchev–Trinajstić information content (AvgIpc) is 2.74. The van der Waals surface area contributed by atoms with E-state index in [-0.39, 0.29) is 6.54 Å². The molecule has 0 aromatic carbocycles. The summed E-state index contributed by atoms with van der Waals surface area (Å²) in [7, 11) is 1.44. The van der Waals surface area contributed by atoms with Crippen LogP contribution in [0.25, 0.3) is 0 Å². The topological polar surface area (TPSA) is 59.2 Å². The number of aromatic nitrogens is 2. The summed E-state index contributed by atoms with van der Waals surface area (Å²) in [5.41, 5.74) is 0. The fraction of sp³-hybridized carbons (Fsp3) is 0.667. The van der Waals surface area contributed by atoms with E-state index in [1.54, 1.807) is 0 Å². The van der Waals surface area contributed by atoms with Crippen LogP contribution in [0, 0.1) is 0 Å². The number of hydrogen-bond acceptors (Lipinski definition) is 4. The van der Waals surface area contributed by atoms with Crippen molar-refractivity contribution in [2.75, 3.05) is 13.6 Å². The summed E-state index contributed by atoms with van der Waals surface area (Å²) >= 11 is 0. The summed E-state index contributed by atoms with van der Waals surface area (Å²) in [4.78, 5) is 16.3. The fourth-order valence-electron chi connectivity index (χ4n) is 1.13. The first-order chi connectivity index (χ1) is 7.88. The molecule has 1 rings (SSSR count). The maximum atomic E-state index is 11.9. The van der Waals surface area contributed by atoms with E-state index in [1.165, 1.54) is 11.9 Å². The van der Waals surface area contributed by atoms with Gasteiger partial charge in [-0.2, -0.15) is 18.2 Å². The number of nitrogens with zero attached hydrogens (tertiary/aromatic N) is 3. The van der Waals surface area contributed by atoms with Gasteiger partial charge in [0.1, 0.15) is 0 Å². The summed E-state index contributed by atoms with van der Waals surface area (Å²) < 4.78 is 40.1. The fourth-order valence-corrected chi connectivity index (χ4v) is 1.13. The van der Waals surface area contributed by atoms with Gasteiger partial charge in [-0.3, -0.25) is 4.79 Å². The van der Waals surface area contributed by atoms with E-state index < -0.39 is 24.9 Å². The first kappa shape index (κ1) is 13.5. The number of alkyl halides is 3. The van der Waals surface area contributed by atoms with Crippen molar-refractivity contribution in [3.05, 3.63) is 12.2 Å². The van der Waals surface area contributed by atoms with Gasteiger partial charge in [0.15, 0.2) is 5.82 Å². The van der Waals surface area contributed by atoms with Crippen LogP contribution in [0.1, 0.15) is 18.7 Å². The molecule has 0 aliphatic carbocycles. The number of hydrogen-bond donors (Lipinski definition) is 0. The summed E-state index contributed by atoms with van der Waals surface area (Å²) in [5, 5.41) is 3.53. The lowest BCUT2D eigenvalue weighted by atomic mass is 10.2. The lowest BCUT2D eigenvalue weighted by Gasteiger charge is -2.16. The molecule has 1 aromatic rings. The van der Waals surface area contributed by atoms with Gasteiger partial charge in [-0.1, -0.05) is 5.16 Å². The molecule has 0 saturated carbocycles. The summed E-state index contributed by atoms with van der Waals surface area (Å²) in [6.07, 6.45) is -4.43. The highest BCUT2D eigenvalue weighted by Crippen LogP contribution is 2.21. The Morgan fingerprint density at radius 3 is 2.76 bits per heavy atom. The van der Waals surface area contributed by atoms with Gasteiger partial charge < -0.3 is 9.42 Å². The average molecular weight is 251 g/mol. The molecule has 0 unspecified atom stereocenters. The quantitative estimate of drug-likeness (QED) is 0.794. The first-order valence-corrected chi connectivity index (χ1v) is 4.94. The van der Waals surface area contributed by atoms with Gasteiger partial charge >= 0.3 is 6.18 Å². The number of carbonyl (C=O) groups is 1. The van der Waals surface area contributed by atoms with Crippen LogP contribution in [0.5, 0.6) is 0 Å². The number of amides is 1. The minimum Gasteiger partial charge on any atom is -0.345 e. The zero-order valence-corrected chi connectivity index (χ0v) is 9.20. The van der Waals surface area contributed by atoms with Crippen molar-refractivity contribution < 1.29 is 22.5 Å². The highest BCUT2D eigenvalue weighted by Gasteiger charge is 2.28. The highest BCUT2D eigenvalue weighted by molar-refractivity contribution is 5.75. The molecule has 0 fully saturated rings. The van der Waals surface area contributed by atoms with Crippen LogP contribution in [0.15, 0.2) is 10.9 Å². The van der Waals surface area contributed by atoms with Gasteiger partial charge in [0.25, 0.3) is 0 Å². The SMILES string of the molecule is CN(CCc1ncon1)C(=O)CCC(F)(F)F. The third-order valence-corrected chi connectivity index (χ3v) is 2.13. The van der Waals surface area contributed by atoms with Gasteiger partial charge in [-0.25, -0.2) is 0 Å². The van der Waals surface area contributed by atoms with E-state index >= 15 is 0 Å². The largest absolute Gasteiger partial charge is 0.389 e. The Bertz CT molecular complexity index is 351. The van der Waals surface area contributed by atoms with E-state index in [9.17, 15) is 18.0 Å². The van der Waals surface area contributed by atoms with Gasteiger partial charge in [-0.05, 0) is 0 Å². The number of carbonyl (C=O) groups excluding carboxylic acids is 1. The number of likely N-dealkylation sites (N-methyl/N-ethyl adjacent to an activating group) is 1. The molecule has 0 atom stereocenters. The third kappa shape index (κ3) is 5.32. The van der Waals surface area contributed by atoms with Crippen LogP contribution in [0.3, 0.4) is 0 Å². The van der Waals surface area contributed by atoms with E-state index in [0.29, 0.717) is 12.2 Å². The maximum absolute atomic E-state index is 11.9. The van der Waals surface area contributed by atoms with Crippen molar-refractivity contribution in [2.24, 2.45) is 0 Å². The van der Waals surface area contributed by atoms with Crippen molar-refractivity contribution in [3.63, 3.8) is 0 Å². The van der Waals surface area contributed by atoms with E-state index in [2.05, 4.69) is 14.7 Å². The Morgan fingerprint density at radius 1 is 1.53 bits per heavy atom. The molecule has 0 aliphatic rings. The summed E-state index contributed by atoms with van der Waals surface area (Å²) in [6, 6.07) is 0. The van der Waals surface area contributed by atoms with Crippen LogP contribution in [-0.2, 0) is 11.2 Å². The van der Waals surface area contributed by atoms with Crippen molar-refractivity contribution in [3.8, 4) is 0 Å². The van der Waals surface area contributed by atoms with E-state index in [0.717, 1.165) is 6.39 Å². The van der Waals surface area contributed by atoms with Gasteiger partial charge in [0.2, 0.25) is 12.3 Å². The molecule has 0 spiro atoms. The third-order valence-electron chi connectivity index (χ3n) is 2.13. The Labute approximate surface area is 95.6 Å². The molecule has 0 saturated heterocycles. The van der Waals surface area contributed by atoms with Gasteiger partial charge in [0.05, 0.1) is 6.42 Å². The van der Waals surface area contributed by atoms with E-state index in [1.807, 2.05) is 0 Å². The molecule has 1 heterocycles. The molecule has 8 heteroatoms. The standard InChI is InChI=1S/C9H12F3N3O2/c1-15(5-3-7-13-6-17-14-7)8(16)2-4-9(10,11)12/h6H,2-5H2,1H3. The minimum atomic E-state index is -4.30. The van der Waals surface area contributed by atoms with Crippen molar-refractivity contribution in [2.45, 2.75) is 25.4 Å². The zero-order valence-electron chi connectivity index (χ0n) is 9.20. The van der Waals surface area contributed by atoms with Crippen molar-refractivity contribution in [1.82, 2.24) is 15.0 Å². The molecule has 0 bridgehead atoms. The number of rotatable bonds is 5. The van der Waals surface area contributed by atoms with Crippen LogP contribution in [0.2, 0.25) is 0 Å².